The Kier molecular flexibility index (Phi) is 5.06. The first-order chi connectivity index (χ1) is 13.3. The quantitative estimate of drug-likeness (QED) is 0.652. The summed E-state index contributed by atoms with van der Waals surface area (Å²) in [4.78, 5) is 5.00. The zero-order chi connectivity index (χ0) is 19.9. The Hall–Kier alpha value is -2.11. The van der Waals surface area contributed by atoms with Crippen molar-refractivity contribution in [2.75, 3.05) is 18.5 Å². The summed E-state index contributed by atoms with van der Waals surface area (Å²) in [5.74, 6) is 0.953. The molecule has 0 bridgehead atoms. The van der Waals surface area contributed by atoms with Gasteiger partial charge in [-0.15, -0.1) is 0 Å². The van der Waals surface area contributed by atoms with E-state index < -0.39 is 0 Å². The third-order valence-electron chi connectivity index (χ3n) is 5.20. The number of ether oxygens (including phenoxy) is 1. The van der Waals surface area contributed by atoms with Crippen molar-refractivity contribution in [2.45, 2.75) is 52.1 Å². The molecule has 4 rings (SSSR count). The van der Waals surface area contributed by atoms with E-state index in [1.165, 1.54) is 0 Å². The minimum atomic E-state index is -0.0719. The monoisotopic (exact) mass is 398 g/mol. The van der Waals surface area contributed by atoms with E-state index in [4.69, 9.17) is 26.4 Å². The van der Waals surface area contributed by atoms with Gasteiger partial charge < -0.3 is 10.1 Å². The molecule has 0 amide bonds. The molecule has 3 aromatic rings. The topological polar surface area (TPSA) is 51.5 Å². The van der Waals surface area contributed by atoms with Crippen LogP contribution in [0.4, 0.5) is 5.82 Å². The molecule has 6 heteroatoms. The zero-order valence-corrected chi connectivity index (χ0v) is 17.7. The van der Waals surface area contributed by atoms with Crippen LogP contribution in [0, 0.1) is 6.92 Å². The summed E-state index contributed by atoms with van der Waals surface area (Å²) in [5.41, 5.74) is 4.88. The molecule has 3 heterocycles. The van der Waals surface area contributed by atoms with Crippen LogP contribution in [0.3, 0.4) is 0 Å². The number of nitrogens with one attached hydrogen (secondary N) is 1. The summed E-state index contributed by atoms with van der Waals surface area (Å²) in [6.45, 7) is 10.2. The molecule has 1 aromatic carbocycles. The molecule has 1 atom stereocenters. The third kappa shape index (κ3) is 3.74. The second kappa shape index (κ2) is 7.37. The fraction of sp³-hybridized carbons (Fsp3) is 0.455. The summed E-state index contributed by atoms with van der Waals surface area (Å²) < 4.78 is 7.69. The molecule has 0 aliphatic carbocycles. The van der Waals surface area contributed by atoms with E-state index >= 15 is 0 Å². The fourth-order valence-corrected chi connectivity index (χ4v) is 3.74. The van der Waals surface area contributed by atoms with Gasteiger partial charge in [0.05, 0.1) is 17.5 Å². The number of fused-ring (bicyclic) bond motifs is 1. The molecule has 5 nitrogen and oxygen atoms in total. The first kappa shape index (κ1) is 19.2. The lowest BCUT2D eigenvalue weighted by Crippen LogP contribution is -2.21. The van der Waals surface area contributed by atoms with Crippen molar-refractivity contribution in [3.63, 3.8) is 0 Å². The van der Waals surface area contributed by atoms with E-state index in [1.54, 1.807) is 0 Å². The Balaban J connectivity index is 1.83. The summed E-state index contributed by atoms with van der Waals surface area (Å²) in [5, 5.41) is 9.08. The van der Waals surface area contributed by atoms with Gasteiger partial charge >= 0.3 is 0 Å². The van der Waals surface area contributed by atoms with E-state index in [1.807, 2.05) is 35.7 Å². The van der Waals surface area contributed by atoms with Crippen LogP contribution in [0.5, 0.6) is 0 Å². The molecular formula is C22H27ClN4O. The number of rotatable bonds is 4. The van der Waals surface area contributed by atoms with Gasteiger partial charge in [-0.1, -0.05) is 44.5 Å². The summed E-state index contributed by atoms with van der Waals surface area (Å²) in [6, 6.07) is 9.97. The molecule has 0 spiro atoms. The number of anilines is 1. The molecule has 1 N–H and O–H groups in total. The maximum absolute atomic E-state index is 6.09. The maximum Gasteiger partial charge on any atom is 0.165 e. The molecule has 28 heavy (non-hydrogen) atoms. The van der Waals surface area contributed by atoms with Crippen LogP contribution in [-0.4, -0.2) is 33.9 Å². The van der Waals surface area contributed by atoms with Crippen LogP contribution in [0.1, 0.15) is 45.0 Å². The molecule has 1 aliphatic heterocycles. The van der Waals surface area contributed by atoms with E-state index in [-0.39, 0.29) is 11.5 Å². The summed E-state index contributed by atoms with van der Waals surface area (Å²) in [7, 11) is 0. The molecule has 0 radical (unpaired) electrons. The largest absolute Gasteiger partial charge is 0.376 e. The lowest BCUT2D eigenvalue weighted by atomic mass is 9.92. The highest BCUT2D eigenvalue weighted by atomic mass is 35.5. The average Bonchev–Trinajstić information content (AvgIpc) is 3.27. The minimum Gasteiger partial charge on any atom is -0.376 e. The lowest BCUT2D eigenvalue weighted by Gasteiger charge is -2.20. The van der Waals surface area contributed by atoms with Crippen LogP contribution in [0.25, 0.3) is 16.8 Å². The first-order valence-corrected chi connectivity index (χ1v) is 10.2. The van der Waals surface area contributed by atoms with Crippen molar-refractivity contribution in [1.29, 1.82) is 0 Å². The van der Waals surface area contributed by atoms with Crippen molar-refractivity contribution in [2.24, 2.45) is 0 Å². The van der Waals surface area contributed by atoms with Gasteiger partial charge in [0.1, 0.15) is 5.82 Å². The Bertz CT molecular complexity index is 982. The normalized spacial score (nSPS) is 17.4. The van der Waals surface area contributed by atoms with Gasteiger partial charge in [0.2, 0.25) is 0 Å². The lowest BCUT2D eigenvalue weighted by molar-refractivity contribution is 0.120. The van der Waals surface area contributed by atoms with Crippen LogP contribution >= 0.6 is 11.6 Å². The Morgan fingerprint density at radius 2 is 2.00 bits per heavy atom. The molecule has 1 saturated heterocycles. The van der Waals surface area contributed by atoms with Crippen LogP contribution in [0.15, 0.2) is 30.3 Å². The van der Waals surface area contributed by atoms with Gasteiger partial charge in [-0.05, 0) is 37.5 Å². The molecule has 2 aromatic heterocycles. The second-order valence-corrected chi connectivity index (χ2v) is 8.93. The van der Waals surface area contributed by atoms with Crippen molar-refractivity contribution >= 4 is 23.1 Å². The maximum atomic E-state index is 6.09. The van der Waals surface area contributed by atoms with Gasteiger partial charge in [-0.3, -0.25) is 0 Å². The van der Waals surface area contributed by atoms with Crippen LogP contribution < -0.4 is 5.32 Å². The third-order valence-corrected chi connectivity index (χ3v) is 5.45. The molecule has 1 aliphatic rings. The first-order valence-electron chi connectivity index (χ1n) is 9.85. The Morgan fingerprint density at radius 3 is 2.64 bits per heavy atom. The number of aromatic nitrogens is 3. The van der Waals surface area contributed by atoms with E-state index in [0.717, 1.165) is 65.0 Å². The standard InChI is InChI=1S/C22H27ClN4O/c1-14-20(15-7-9-16(23)10-8-15)21-25-18(22(2,3)4)12-19(27(21)26-14)24-13-17-6-5-11-28-17/h7-10,12,17,24H,5-6,11,13H2,1-4H3/t17-/m0/s1. The van der Waals surface area contributed by atoms with Gasteiger partial charge in [-0.25, -0.2) is 4.98 Å². The number of hydrogen-bond acceptors (Lipinski definition) is 4. The predicted molar refractivity (Wildman–Crippen MR) is 114 cm³/mol. The van der Waals surface area contributed by atoms with Crippen LogP contribution in [-0.2, 0) is 10.2 Å². The highest BCUT2D eigenvalue weighted by Crippen LogP contribution is 2.32. The highest BCUT2D eigenvalue weighted by Gasteiger charge is 2.23. The smallest absolute Gasteiger partial charge is 0.165 e. The second-order valence-electron chi connectivity index (χ2n) is 8.50. The highest BCUT2D eigenvalue weighted by molar-refractivity contribution is 6.30. The minimum absolute atomic E-state index is 0.0719. The number of nitrogens with zero attached hydrogens (tertiary/aromatic N) is 3. The fourth-order valence-electron chi connectivity index (χ4n) is 3.61. The molecule has 148 valence electrons. The van der Waals surface area contributed by atoms with Gasteiger partial charge in [-0.2, -0.15) is 9.61 Å². The molecular weight excluding hydrogens is 372 g/mol. The van der Waals surface area contributed by atoms with Gasteiger partial charge in [0.25, 0.3) is 0 Å². The van der Waals surface area contributed by atoms with Gasteiger partial charge in [0, 0.05) is 35.2 Å². The van der Waals surface area contributed by atoms with Crippen molar-refractivity contribution < 1.29 is 4.74 Å². The van der Waals surface area contributed by atoms with E-state index in [9.17, 15) is 0 Å². The summed E-state index contributed by atoms with van der Waals surface area (Å²) >= 11 is 6.09. The number of benzene rings is 1. The van der Waals surface area contributed by atoms with Gasteiger partial charge in [0.15, 0.2) is 5.65 Å². The number of aryl methyl sites for hydroxylation is 1. The number of halogens is 1. The van der Waals surface area contributed by atoms with Crippen molar-refractivity contribution in [3.8, 4) is 11.1 Å². The Labute approximate surface area is 171 Å². The van der Waals surface area contributed by atoms with E-state index in [2.05, 4.69) is 32.2 Å². The van der Waals surface area contributed by atoms with Crippen molar-refractivity contribution in [3.05, 3.63) is 46.7 Å². The molecule has 0 unspecified atom stereocenters. The SMILES string of the molecule is Cc1nn2c(NC[C@@H]3CCCO3)cc(C(C)(C)C)nc2c1-c1ccc(Cl)cc1. The van der Waals surface area contributed by atoms with E-state index in [0.29, 0.717) is 0 Å². The summed E-state index contributed by atoms with van der Waals surface area (Å²) in [6.07, 6.45) is 2.49. The zero-order valence-electron chi connectivity index (χ0n) is 16.9. The molecule has 1 fully saturated rings. The van der Waals surface area contributed by atoms with Crippen molar-refractivity contribution in [1.82, 2.24) is 14.6 Å². The predicted octanol–water partition coefficient (Wildman–Crippen LogP) is 5.25. The van der Waals surface area contributed by atoms with Crippen LogP contribution in [0.2, 0.25) is 5.02 Å². The Morgan fingerprint density at radius 1 is 1.25 bits per heavy atom. The average molecular weight is 399 g/mol. The number of hydrogen-bond donors (Lipinski definition) is 1. The molecule has 0 saturated carbocycles.